The highest BCUT2D eigenvalue weighted by molar-refractivity contribution is 6.33. The Balaban J connectivity index is 2.18. The highest BCUT2D eigenvalue weighted by Crippen LogP contribution is 2.42. The first-order valence-electron chi connectivity index (χ1n) is 6.89. The summed E-state index contributed by atoms with van der Waals surface area (Å²) in [5.41, 5.74) is 15.8. The molecule has 0 saturated heterocycles. The third-order valence-electron chi connectivity index (χ3n) is 3.86. The normalized spacial score (nSPS) is 14.1. The largest absolute Gasteiger partial charge is 0.397 e. The summed E-state index contributed by atoms with van der Waals surface area (Å²) >= 11 is 5.94. The van der Waals surface area contributed by atoms with Crippen molar-refractivity contribution in [1.82, 2.24) is 0 Å². The van der Waals surface area contributed by atoms with Gasteiger partial charge in [-0.3, -0.25) is 0 Å². The first-order chi connectivity index (χ1) is 9.99. The van der Waals surface area contributed by atoms with Gasteiger partial charge in [0.1, 0.15) is 10.7 Å². The molecule has 0 fully saturated rings. The minimum atomic E-state index is -0.553. The van der Waals surface area contributed by atoms with Crippen molar-refractivity contribution in [2.45, 2.75) is 19.8 Å². The van der Waals surface area contributed by atoms with Crippen LogP contribution in [0.4, 0.5) is 27.1 Å². The van der Waals surface area contributed by atoms with Crippen LogP contribution < -0.4 is 16.4 Å². The number of nitrogens with two attached hydrogens (primary N) is 2. The van der Waals surface area contributed by atoms with E-state index in [1.807, 2.05) is 24.0 Å². The molecule has 1 aliphatic rings. The molecule has 3 nitrogen and oxygen atoms in total. The number of nitrogens with zero attached hydrogens (tertiary/aromatic N) is 1. The number of anilines is 4. The van der Waals surface area contributed by atoms with Crippen LogP contribution >= 0.6 is 11.6 Å². The summed E-state index contributed by atoms with van der Waals surface area (Å²) in [4.78, 5) is 1.90. The Bertz CT molecular complexity index is 715. The number of halogens is 2. The van der Waals surface area contributed by atoms with Crippen LogP contribution in [-0.4, -0.2) is 6.54 Å². The second-order valence-electron chi connectivity index (χ2n) is 5.42. The Labute approximate surface area is 128 Å². The first kappa shape index (κ1) is 14.0. The average molecular weight is 306 g/mol. The van der Waals surface area contributed by atoms with Gasteiger partial charge in [0.15, 0.2) is 5.82 Å². The third-order valence-corrected chi connectivity index (χ3v) is 4.25. The topological polar surface area (TPSA) is 55.3 Å². The van der Waals surface area contributed by atoms with Gasteiger partial charge in [0.2, 0.25) is 0 Å². The van der Waals surface area contributed by atoms with Gasteiger partial charge in [-0.2, -0.15) is 0 Å². The molecule has 2 aromatic rings. The molecule has 0 amide bonds. The molecule has 110 valence electrons. The van der Waals surface area contributed by atoms with Crippen molar-refractivity contribution in [1.29, 1.82) is 0 Å². The van der Waals surface area contributed by atoms with Crippen LogP contribution in [0.3, 0.4) is 0 Å². The van der Waals surface area contributed by atoms with Gasteiger partial charge in [-0.15, -0.1) is 0 Å². The zero-order valence-corrected chi connectivity index (χ0v) is 12.5. The Morgan fingerprint density at radius 1 is 1.19 bits per heavy atom. The van der Waals surface area contributed by atoms with Gasteiger partial charge in [-0.1, -0.05) is 29.3 Å². The van der Waals surface area contributed by atoms with E-state index in [0.717, 1.165) is 18.5 Å². The van der Waals surface area contributed by atoms with Crippen LogP contribution in [0, 0.1) is 12.7 Å². The molecule has 2 aromatic carbocycles. The maximum atomic E-state index is 14.5. The molecule has 0 spiro atoms. The molecule has 0 aliphatic carbocycles. The van der Waals surface area contributed by atoms with Gasteiger partial charge >= 0.3 is 0 Å². The number of hydrogen-bond donors (Lipinski definition) is 2. The monoisotopic (exact) mass is 305 g/mol. The van der Waals surface area contributed by atoms with Crippen LogP contribution in [0.1, 0.15) is 17.5 Å². The summed E-state index contributed by atoms with van der Waals surface area (Å²) in [6, 6.07) is 7.68. The summed E-state index contributed by atoms with van der Waals surface area (Å²) in [6.45, 7) is 2.76. The average Bonchev–Trinajstić information content (AvgIpc) is 2.45. The van der Waals surface area contributed by atoms with Gasteiger partial charge in [0, 0.05) is 12.2 Å². The molecule has 0 aromatic heterocycles. The number of benzene rings is 2. The molecule has 0 atom stereocenters. The fourth-order valence-corrected chi connectivity index (χ4v) is 3.03. The number of fused-ring (bicyclic) bond motifs is 1. The van der Waals surface area contributed by atoms with Gasteiger partial charge in [-0.25, -0.2) is 4.39 Å². The van der Waals surface area contributed by atoms with Crippen molar-refractivity contribution in [3.05, 3.63) is 46.2 Å². The highest BCUT2D eigenvalue weighted by Gasteiger charge is 2.25. The molecule has 0 radical (unpaired) electrons. The van der Waals surface area contributed by atoms with Crippen molar-refractivity contribution in [2.75, 3.05) is 22.9 Å². The minimum Gasteiger partial charge on any atom is -0.397 e. The van der Waals surface area contributed by atoms with Crippen molar-refractivity contribution < 1.29 is 4.39 Å². The molecule has 0 saturated carbocycles. The lowest BCUT2D eigenvalue weighted by Gasteiger charge is -2.33. The molecule has 0 unspecified atom stereocenters. The maximum Gasteiger partial charge on any atom is 0.169 e. The third kappa shape index (κ3) is 2.29. The number of aryl methyl sites for hydroxylation is 2. The van der Waals surface area contributed by atoms with Crippen LogP contribution in [0.25, 0.3) is 0 Å². The molecule has 0 bridgehead atoms. The van der Waals surface area contributed by atoms with E-state index in [4.69, 9.17) is 23.1 Å². The number of hydrogen-bond acceptors (Lipinski definition) is 3. The molecule has 4 N–H and O–H groups in total. The zero-order chi connectivity index (χ0) is 15.1. The minimum absolute atomic E-state index is 0.0709. The summed E-state index contributed by atoms with van der Waals surface area (Å²) in [7, 11) is 0. The summed E-state index contributed by atoms with van der Waals surface area (Å²) < 4.78 is 14.5. The van der Waals surface area contributed by atoms with E-state index in [0.29, 0.717) is 17.9 Å². The van der Waals surface area contributed by atoms with Crippen molar-refractivity contribution in [3.8, 4) is 0 Å². The predicted octanol–water partition coefficient (Wildman–Crippen LogP) is 4.04. The number of rotatable bonds is 1. The molecular formula is C16H17ClFN3. The Morgan fingerprint density at radius 2 is 1.95 bits per heavy atom. The Kier molecular flexibility index (Phi) is 3.41. The molecular weight excluding hydrogens is 289 g/mol. The lowest BCUT2D eigenvalue weighted by atomic mass is 9.98. The molecule has 3 rings (SSSR count). The van der Waals surface area contributed by atoms with Crippen LogP contribution in [0.2, 0.25) is 5.02 Å². The predicted molar refractivity (Wildman–Crippen MR) is 86.7 cm³/mol. The van der Waals surface area contributed by atoms with Crippen molar-refractivity contribution >= 4 is 34.4 Å². The number of nitrogen functional groups attached to an aromatic ring is 2. The lowest BCUT2D eigenvalue weighted by molar-refractivity contribution is 0.622. The SMILES string of the molecule is Cc1ccc2c(c1)CCCN2c1c(N)cc(N)c(Cl)c1F. The van der Waals surface area contributed by atoms with Crippen LogP contribution in [-0.2, 0) is 6.42 Å². The van der Waals surface area contributed by atoms with Gasteiger partial charge in [0.25, 0.3) is 0 Å². The van der Waals surface area contributed by atoms with Gasteiger partial charge in [-0.05, 0) is 37.5 Å². The fourth-order valence-electron chi connectivity index (χ4n) is 2.89. The summed E-state index contributed by atoms with van der Waals surface area (Å²) in [6.07, 6.45) is 1.93. The van der Waals surface area contributed by atoms with E-state index in [1.54, 1.807) is 0 Å². The second kappa shape index (κ2) is 5.11. The quantitative estimate of drug-likeness (QED) is 0.782. The van der Waals surface area contributed by atoms with Gasteiger partial charge in [0.05, 0.1) is 11.4 Å². The van der Waals surface area contributed by atoms with E-state index in [2.05, 4.69) is 6.07 Å². The maximum absolute atomic E-state index is 14.5. The molecule has 1 heterocycles. The summed E-state index contributed by atoms with van der Waals surface area (Å²) in [5.74, 6) is -0.553. The standard InChI is InChI=1S/C16H17ClFN3/c1-9-4-5-13-10(7-9)3-2-6-21(13)16-12(20)8-11(19)14(17)15(16)18/h4-5,7-8H,2-3,6,19-20H2,1H3. The Morgan fingerprint density at radius 3 is 2.71 bits per heavy atom. The van der Waals surface area contributed by atoms with E-state index in [9.17, 15) is 4.39 Å². The second-order valence-corrected chi connectivity index (χ2v) is 5.80. The van der Waals surface area contributed by atoms with E-state index in [-0.39, 0.29) is 10.7 Å². The van der Waals surface area contributed by atoms with E-state index < -0.39 is 5.82 Å². The lowest BCUT2D eigenvalue weighted by Crippen LogP contribution is -2.26. The van der Waals surface area contributed by atoms with Crippen molar-refractivity contribution in [2.24, 2.45) is 0 Å². The van der Waals surface area contributed by atoms with Crippen LogP contribution in [0.5, 0.6) is 0 Å². The highest BCUT2D eigenvalue weighted by atomic mass is 35.5. The smallest absolute Gasteiger partial charge is 0.169 e. The Hall–Kier alpha value is -1.94. The molecule has 5 heteroatoms. The summed E-state index contributed by atoms with van der Waals surface area (Å²) in [5, 5.41) is -0.0709. The first-order valence-corrected chi connectivity index (χ1v) is 7.27. The molecule has 21 heavy (non-hydrogen) atoms. The molecule has 1 aliphatic heterocycles. The van der Waals surface area contributed by atoms with Crippen molar-refractivity contribution in [3.63, 3.8) is 0 Å². The van der Waals surface area contributed by atoms with E-state index >= 15 is 0 Å². The fraction of sp³-hybridized carbons (Fsp3) is 0.250. The zero-order valence-electron chi connectivity index (χ0n) is 11.8. The van der Waals surface area contributed by atoms with Gasteiger partial charge < -0.3 is 16.4 Å². The van der Waals surface area contributed by atoms with Crippen LogP contribution in [0.15, 0.2) is 24.3 Å². The van der Waals surface area contributed by atoms with E-state index in [1.165, 1.54) is 17.2 Å².